The average Bonchev–Trinajstić information content (AvgIpc) is 2.83. The number of rotatable bonds is 13. The fourth-order valence-electron chi connectivity index (χ4n) is 3.26. The van der Waals surface area contributed by atoms with Crippen LogP contribution >= 0.6 is 0 Å². The van der Waals surface area contributed by atoms with Crippen LogP contribution in [0.3, 0.4) is 0 Å². The van der Waals surface area contributed by atoms with Gasteiger partial charge in [0.25, 0.3) is 0 Å². The summed E-state index contributed by atoms with van der Waals surface area (Å²) >= 11 is 0. The second kappa shape index (κ2) is 14.3. The van der Waals surface area contributed by atoms with Gasteiger partial charge in [0.2, 0.25) is 11.8 Å². The van der Waals surface area contributed by atoms with Gasteiger partial charge in [-0.1, -0.05) is 55.3 Å². The van der Waals surface area contributed by atoms with E-state index in [1.54, 1.807) is 60.1 Å². The Morgan fingerprint density at radius 1 is 0.824 bits per heavy atom. The van der Waals surface area contributed by atoms with Crippen molar-refractivity contribution < 1.29 is 29.5 Å². The molecule has 2 aromatic carbocycles. The number of carbonyl (C=O) groups excluding carboxylic acids is 3. The van der Waals surface area contributed by atoms with Crippen LogP contribution in [0.4, 0.5) is 10.5 Å². The first-order valence-corrected chi connectivity index (χ1v) is 11.0. The molecule has 0 aliphatic heterocycles. The second-order valence-corrected chi connectivity index (χ2v) is 7.71. The average molecular weight is 471 g/mol. The quantitative estimate of drug-likeness (QED) is 0.150. The van der Waals surface area contributed by atoms with Crippen LogP contribution in [-0.4, -0.2) is 34.1 Å². The predicted molar refractivity (Wildman–Crippen MR) is 125 cm³/mol. The Labute approximate surface area is 197 Å². The molecule has 0 aliphatic carbocycles. The van der Waals surface area contributed by atoms with Gasteiger partial charge in [0.1, 0.15) is 0 Å². The molecular formula is C24H30N4O6. The molecule has 1 atom stereocenters. The summed E-state index contributed by atoms with van der Waals surface area (Å²) in [7, 11) is 0. The van der Waals surface area contributed by atoms with Crippen molar-refractivity contribution in [3.63, 3.8) is 0 Å². The van der Waals surface area contributed by atoms with Crippen molar-refractivity contribution in [2.45, 2.75) is 51.1 Å². The lowest BCUT2D eigenvalue weighted by Gasteiger charge is -2.15. The van der Waals surface area contributed by atoms with Crippen LogP contribution in [0.5, 0.6) is 0 Å². The molecule has 0 saturated carbocycles. The van der Waals surface area contributed by atoms with Crippen molar-refractivity contribution in [3.05, 3.63) is 65.7 Å². The number of anilines is 1. The number of amides is 4. The van der Waals surface area contributed by atoms with E-state index in [4.69, 9.17) is 5.21 Å². The number of carboxylic acid groups (broad SMARTS) is 1. The minimum absolute atomic E-state index is 0.136. The number of carboxylic acids is 1. The van der Waals surface area contributed by atoms with Gasteiger partial charge in [-0.3, -0.25) is 14.8 Å². The van der Waals surface area contributed by atoms with Crippen molar-refractivity contribution >= 4 is 29.5 Å². The SMILES string of the molecule is O=C(CCCCCCC(=O)Nc1cccc(CNC(=O)NC(C(=O)O)c2ccccc2)c1)NO. The molecule has 10 heteroatoms. The molecular weight excluding hydrogens is 440 g/mol. The zero-order valence-corrected chi connectivity index (χ0v) is 18.8. The molecule has 0 spiro atoms. The fourth-order valence-corrected chi connectivity index (χ4v) is 3.26. The molecule has 0 aromatic heterocycles. The normalized spacial score (nSPS) is 11.2. The topological polar surface area (TPSA) is 157 Å². The number of unbranched alkanes of at least 4 members (excludes halogenated alkanes) is 3. The van der Waals surface area contributed by atoms with Gasteiger partial charge < -0.3 is 21.1 Å². The maximum absolute atomic E-state index is 12.2. The number of aliphatic carboxylic acids is 1. The van der Waals surface area contributed by atoms with E-state index in [2.05, 4.69) is 16.0 Å². The number of nitrogens with one attached hydrogen (secondary N) is 4. The lowest BCUT2D eigenvalue weighted by molar-refractivity contribution is -0.139. The van der Waals surface area contributed by atoms with E-state index in [0.717, 1.165) is 18.4 Å². The van der Waals surface area contributed by atoms with Crippen LogP contribution in [0.2, 0.25) is 0 Å². The summed E-state index contributed by atoms with van der Waals surface area (Å²) in [6.07, 6.45) is 3.51. The zero-order chi connectivity index (χ0) is 24.8. The highest BCUT2D eigenvalue weighted by molar-refractivity contribution is 5.90. The molecule has 0 radical (unpaired) electrons. The summed E-state index contributed by atoms with van der Waals surface area (Å²) in [6.45, 7) is 0.151. The molecule has 0 heterocycles. The largest absolute Gasteiger partial charge is 0.479 e. The maximum Gasteiger partial charge on any atom is 0.330 e. The lowest BCUT2D eigenvalue weighted by atomic mass is 10.1. The highest BCUT2D eigenvalue weighted by Gasteiger charge is 2.21. The third-order valence-electron chi connectivity index (χ3n) is 5.00. The summed E-state index contributed by atoms with van der Waals surface area (Å²) in [5.74, 6) is -1.72. The summed E-state index contributed by atoms with van der Waals surface area (Å²) < 4.78 is 0. The summed E-state index contributed by atoms with van der Waals surface area (Å²) in [5.41, 5.74) is 3.38. The van der Waals surface area contributed by atoms with E-state index in [1.807, 2.05) is 0 Å². The first kappa shape index (κ1) is 26.3. The molecule has 10 nitrogen and oxygen atoms in total. The smallest absolute Gasteiger partial charge is 0.330 e. The molecule has 2 rings (SSSR count). The van der Waals surface area contributed by atoms with Crippen LogP contribution in [0.25, 0.3) is 0 Å². The highest BCUT2D eigenvalue weighted by Crippen LogP contribution is 2.14. The molecule has 2 aromatic rings. The summed E-state index contributed by atoms with van der Waals surface area (Å²) in [6, 6.07) is 13.6. The first-order valence-electron chi connectivity index (χ1n) is 11.0. The molecule has 0 fully saturated rings. The Bertz CT molecular complexity index is 967. The van der Waals surface area contributed by atoms with Crippen molar-refractivity contribution in [1.29, 1.82) is 0 Å². The number of hydrogen-bond donors (Lipinski definition) is 6. The fraction of sp³-hybridized carbons (Fsp3) is 0.333. The number of urea groups is 1. The van der Waals surface area contributed by atoms with Gasteiger partial charge >= 0.3 is 12.0 Å². The van der Waals surface area contributed by atoms with Crippen molar-refractivity contribution in [2.75, 3.05) is 5.32 Å². The van der Waals surface area contributed by atoms with E-state index < -0.39 is 23.9 Å². The van der Waals surface area contributed by atoms with E-state index in [-0.39, 0.29) is 18.9 Å². The van der Waals surface area contributed by atoms with Gasteiger partial charge in [0.05, 0.1) is 0 Å². The number of hydroxylamine groups is 1. The summed E-state index contributed by atoms with van der Waals surface area (Å²) in [5, 5.41) is 25.7. The van der Waals surface area contributed by atoms with Gasteiger partial charge in [-0.05, 0) is 36.1 Å². The minimum atomic E-state index is -1.17. The van der Waals surface area contributed by atoms with Crippen molar-refractivity contribution in [2.24, 2.45) is 0 Å². The van der Waals surface area contributed by atoms with Gasteiger partial charge in [0, 0.05) is 25.1 Å². The molecule has 1 unspecified atom stereocenters. The Hall–Kier alpha value is -3.92. The standard InChI is InChI=1S/C24H30N4O6/c29-20(13-6-1-2-7-14-21(30)28-34)26-19-12-8-9-17(15-19)16-25-24(33)27-22(23(31)32)18-10-4-3-5-11-18/h3-5,8-12,15,22,34H,1-2,6-7,13-14,16H2,(H,26,29)(H,28,30)(H,31,32)(H2,25,27,33). The maximum atomic E-state index is 12.2. The van der Waals surface area contributed by atoms with Gasteiger partial charge in [-0.2, -0.15) is 0 Å². The Kier molecular flexibility index (Phi) is 11.1. The van der Waals surface area contributed by atoms with Crippen LogP contribution in [-0.2, 0) is 20.9 Å². The Morgan fingerprint density at radius 3 is 2.15 bits per heavy atom. The van der Waals surface area contributed by atoms with Gasteiger partial charge in [-0.25, -0.2) is 15.1 Å². The van der Waals surface area contributed by atoms with Crippen LogP contribution < -0.4 is 21.4 Å². The van der Waals surface area contributed by atoms with Crippen LogP contribution in [0.15, 0.2) is 54.6 Å². The Balaban J connectivity index is 1.75. The van der Waals surface area contributed by atoms with E-state index in [0.29, 0.717) is 30.5 Å². The van der Waals surface area contributed by atoms with E-state index in [9.17, 15) is 24.3 Å². The van der Waals surface area contributed by atoms with Gasteiger partial charge in [0.15, 0.2) is 6.04 Å². The molecule has 4 amide bonds. The number of hydrogen-bond acceptors (Lipinski definition) is 5. The number of carbonyl (C=O) groups is 4. The third kappa shape index (κ3) is 9.70. The highest BCUT2D eigenvalue weighted by atomic mass is 16.5. The van der Waals surface area contributed by atoms with Gasteiger partial charge in [-0.15, -0.1) is 0 Å². The van der Waals surface area contributed by atoms with Crippen LogP contribution in [0.1, 0.15) is 55.7 Å². The summed E-state index contributed by atoms with van der Waals surface area (Å²) in [4.78, 5) is 46.8. The van der Waals surface area contributed by atoms with Crippen molar-refractivity contribution in [1.82, 2.24) is 16.1 Å². The van der Waals surface area contributed by atoms with E-state index in [1.165, 1.54) is 0 Å². The van der Waals surface area contributed by atoms with E-state index >= 15 is 0 Å². The zero-order valence-electron chi connectivity index (χ0n) is 18.8. The Morgan fingerprint density at radius 2 is 1.50 bits per heavy atom. The lowest BCUT2D eigenvalue weighted by Crippen LogP contribution is -2.40. The third-order valence-corrected chi connectivity index (χ3v) is 5.00. The molecule has 182 valence electrons. The molecule has 6 N–H and O–H groups in total. The van der Waals surface area contributed by atoms with Crippen LogP contribution in [0, 0.1) is 0 Å². The second-order valence-electron chi connectivity index (χ2n) is 7.71. The predicted octanol–water partition coefficient (Wildman–Crippen LogP) is 3.10. The first-order chi connectivity index (χ1) is 16.4. The minimum Gasteiger partial charge on any atom is -0.479 e. The number of benzene rings is 2. The molecule has 0 aliphatic rings. The molecule has 34 heavy (non-hydrogen) atoms. The molecule has 0 saturated heterocycles. The van der Waals surface area contributed by atoms with Crippen molar-refractivity contribution in [3.8, 4) is 0 Å². The molecule has 0 bridgehead atoms. The monoisotopic (exact) mass is 470 g/mol.